The second kappa shape index (κ2) is 5.73. The van der Waals surface area contributed by atoms with Crippen molar-refractivity contribution in [3.05, 3.63) is 48.0 Å². The number of nitrogens with one attached hydrogen (secondary N) is 1. The Bertz CT molecular complexity index is 477. The Morgan fingerprint density at radius 3 is 2.59 bits per heavy atom. The lowest BCUT2D eigenvalue weighted by Crippen LogP contribution is -2.23. The van der Waals surface area contributed by atoms with E-state index in [9.17, 15) is 8.78 Å². The maximum absolute atomic E-state index is 12.0. The van der Waals surface area contributed by atoms with Crippen LogP contribution in [-0.4, -0.2) is 19.5 Å². The third-order valence-electron chi connectivity index (χ3n) is 2.75. The van der Waals surface area contributed by atoms with Gasteiger partial charge in [0, 0.05) is 0 Å². The highest BCUT2D eigenvalue weighted by molar-refractivity contribution is 5.85. The van der Waals surface area contributed by atoms with Crippen LogP contribution in [0.4, 0.5) is 8.78 Å². The van der Waals surface area contributed by atoms with Gasteiger partial charge in [-0.2, -0.15) is 0 Å². The number of benzene rings is 2. The highest BCUT2D eigenvalue weighted by Crippen LogP contribution is 2.18. The molecule has 2 aromatic carbocycles. The van der Waals surface area contributed by atoms with Crippen molar-refractivity contribution in [1.82, 2.24) is 5.32 Å². The molecule has 0 spiro atoms. The molecule has 0 saturated carbocycles. The fourth-order valence-electron chi connectivity index (χ4n) is 1.94. The summed E-state index contributed by atoms with van der Waals surface area (Å²) in [7, 11) is 0. The average Bonchev–Trinajstić information content (AvgIpc) is 2.34. The molecule has 0 aliphatic rings. The molecule has 0 radical (unpaired) electrons. The van der Waals surface area contributed by atoms with Gasteiger partial charge in [-0.15, -0.1) is 0 Å². The minimum absolute atomic E-state index is 0.231. The van der Waals surface area contributed by atoms with Crippen molar-refractivity contribution in [1.29, 1.82) is 0 Å². The van der Waals surface area contributed by atoms with Gasteiger partial charge in [0.1, 0.15) is 0 Å². The Labute approximate surface area is 99.5 Å². The summed E-state index contributed by atoms with van der Waals surface area (Å²) in [6.45, 7) is 0.350. The zero-order chi connectivity index (χ0) is 12.1. The van der Waals surface area contributed by atoms with Crippen molar-refractivity contribution >= 4 is 10.8 Å². The van der Waals surface area contributed by atoms with Gasteiger partial charge >= 0.3 is 0 Å². The van der Waals surface area contributed by atoms with E-state index in [0.717, 1.165) is 6.42 Å². The molecule has 3 heteroatoms. The first-order valence-electron chi connectivity index (χ1n) is 5.73. The Kier molecular flexibility index (Phi) is 4.04. The Morgan fingerprint density at radius 1 is 1.00 bits per heavy atom. The molecule has 2 aromatic rings. The topological polar surface area (TPSA) is 12.0 Å². The Morgan fingerprint density at radius 2 is 1.76 bits per heavy atom. The third kappa shape index (κ3) is 3.24. The molecule has 2 rings (SSSR count). The van der Waals surface area contributed by atoms with Crippen molar-refractivity contribution in [2.24, 2.45) is 0 Å². The van der Waals surface area contributed by atoms with Gasteiger partial charge in [0.2, 0.25) is 0 Å². The minimum atomic E-state index is -2.28. The SMILES string of the molecule is FC(F)CNCCc1cccc2ccccc12. The summed E-state index contributed by atoms with van der Waals surface area (Å²) in [5, 5.41) is 5.14. The van der Waals surface area contributed by atoms with Gasteiger partial charge in [-0.05, 0) is 29.3 Å². The predicted octanol–water partition coefficient (Wildman–Crippen LogP) is 3.24. The van der Waals surface area contributed by atoms with Crippen LogP contribution in [0.3, 0.4) is 0 Å². The standard InChI is InChI=1S/C14H15F2N/c15-14(16)10-17-9-8-12-6-3-5-11-4-1-2-7-13(11)12/h1-7,14,17H,8-10H2. The van der Waals surface area contributed by atoms with Gasteiger partial charge in [0.15, 0.2) is 0 Å². The van der Waals surface area contributed by atoms with Crippen LogP contribution < -0.4 is 5.32 Å². The van der Waals surface area contributed by atoms with E-state index in [1.165, 1.54) is 16.3 Å². The van der Waals surface area contributed by atoms with Crippen LogP contribution in [-0.2, 0) is 6.42 Å². The predicted molar refractivity (Wildman–Crippen MR) is 66.5 cm³/mol. The van der Waals surface area contributed by atoms with E-state index in [1.807, 2.05) is 24.3 Å². The van der Waals surface area contributed by atoms with Crippen LogP contribution in [0.25, 0.3) is 10.8 Å². The molecule has 0 unspecified atom stereocenters. The summed E-state index contributed by atoms with van der Waals surface area (Å²) < 4.78 is 23.9. The first-order valence-corrected chi connectivity index (χ1v) is 5.73. The van der Waals surface area contributed by atoms with Gasteiger partial charge in [0.25, 0.3) is 6.43 Å². The molecule has 0 aliphatic heterocycles. The van der Waals surface area contributed by atoms with E-state index >= 15 is 0 Å². The van der Waals surface area contributed by atoms with Gasteiger partial charge in [0.05, 0.1) is 6.54 Å². The monoisotopic (exact) mass is 235 g/mol. The lowest BCUT2D eigenvalue weighted by molar-refractivity contribution is 0.146. The zero-order valence-electron chi connectivity index (χ0n) is 9.50. The maximum atomic E-state index is 12.0. The fraction of sp³-hybridized carbons (Fsp3) is 0.286. The smallest absolute Gasteiger partial charge is 0.250 e. The van der Waals surface area contributed by atoms with E-state index in [-0.39, 0.29) is 6.54 Å². The molecule has 17 heavy (non-hydrogen) atoms. The molecule has 1 nitrogen and oxygen atoms in total. The van der Waals surface area contributed by atoms with Gasteiger partial charge in [-0.1, -0.05) is 42.5 Å². The molecule has 0 aromatic heterocycles. The lowest BCUT2D eigenvalue weighted by Gasteiger charge is -2.07. The molecule has 0 bridgehead atoms. The average molecular weight is 235 g/mol. The van der Waals surface area contributed by atoms with E-state index in [4.69, 9.17) is 0 Å². The lowest BCUT2D eigenvalue weighted by atomic mass is 10.0. The second-order valence-electron chi connectivity index (χ2n) is 3.98. The number of hydrogen-bond acceptors (Lipinski definition) is 1. The van der Waals surface area contributed by atoms with Gasteiger partial charge < -0.3 is 5.32 Å². The van der Waals surface area contributed by atoms with Crippen LogP contribution in [0.15, 0.2) is 42.5 Å². The fourth-order valence-corrected chi connectivity index (χ4v) is 1.94. The minimum Gasteiger partial charge on any atom is -0.311 e. The molecule has 0 heterocycles. The van der Waals surface area contributed by atoms with Crippen LogP contribution in [0, 0.1) is 0 Å². The summed E-state index contributed by atoms with van der Waals surface area (Å²) in [4.78, 5) is 0. The highest BCUT2D eigenvalue weighted by atomic mass is 19.3. The van der Waals surface area contributed by atoms with Gasteiger partial charge in [-0.25, -0.2) is 8.78 Å². The molecule has 0 aliphatic carbocycles. The van der Waals surface area contributed by atoms with Crippen molar-refractivity contribution < 1.29 is 8.78 Å². The molecule has 0 fully saturated rings. The third-order valence-corrected chi connectivity index (χ3v) is 2.75. The van der Waals surface area contributed by atoms with E-state index in [0.29, 0.717) is 6.54 Å². The van der Waals surface area contributed by atoms with Crippen molar-refractivity contribution in [2.75, 3.05) is 13.1 Å². The first-order chi connectivity index (χ1) is 8.27. The molecular weight excluding hydrogens is 220 g/mol. The molecular formula is C14H15F2N. The second-order valence-corrected chi connectivity index (χ2v) is 3.98. The van der Waals surface area contributed by atoms with Crippen LogP contribution in [0.5, 0.6) is 0 Å². The highest BCUT2D eigenvalue weighted by Gasteiger charge is 2.02. The quantitative estimate of drug-likeness (QED) is 0.784. The van der Waals surface area contributed by atoms with E-state index in [1.54, 1.807) is 0 Å². The van der Waals surface area contributed by atoms with Crippen molar-refractivity contribution in [3.63, 3.8) is 0 Å². The number of fused-ring (bicyclic) bond motifs is 1. The molecule has 0 saturated heterocycles. The van der Waals surface area contributed by atoms with Crippen molar-refractivity contribution in [3.8, 4) is 0 Å². The summed E-state index contributed by atoms with van der Waals surface area (Å²) >= 11 is 0. The molecule has 90 valence electrons. The van der Waals surface area contributed by atoms with Gasteiger partial charge in [-0.3, -0.25) is 0 Å². The maximum Gasteiger partial charge on any atom is 0.250 e. The number of rotatable bonds is 5. The first kappa shape index (κ1) is 12.0. The summed E-state index contributed by atoms with van der Waals surface area (Å²) in [5.74, 6) is 0. The molecule has 1 N–H and O–H groups in total. The largest absolute Gasteiger partial charge is 0.311 e. The van der Waals surface area contributed by atoms with Crippen LogP contribution >= 0.6 is 0 Å². The van der Waals surface area contributed by atoms with E-state index < -0.39 is 6.43 Å². The van der Waals surface area contributed by atoms with Crippen LogP contribution in [0.1, 0.15) is 5.56 Å². The normalized spacial score (nSPS) is 11.2. The summed E-state index contributed by atoms with van der Waals surface area (Å²) in [6, 6.07) is 14.2. The number of alkyl halides is 2. The van der Waals surface area contributed by atoms with E-state index in [2.05, 4.69) is 23.5 Å². The Balaban J connectivity index is 2.03. The summed E-state index contributed by atoms with van der Waals surface area (Å²) in [5.41, 5.74) is 1.20. The Hall–Kier alpha value is -1.48. The number of hydrogen-bond donors (Lipinski definition) is 1. The molecule has 0 atom stereocenters. The van der Waals surface area contributed by atoms with Crippen LogP contribution in [0.2, 0.25) is 0 Å². The zero-order valence-corrected chi connectivity index (χ0v) is 9.50. The number of halogens is 2. The van der Waals surface area contributed by atoms with Crippen molar-refractivity contribution in [2.45, 2.75) is 12.8 Å². The molecule has 0 amide bonds. The summed E-state index contributed by atoms with van der Waals surface area (Å²) in [6.07, 6.45) is -1.50.